The maximum atomic E-state index is 5.58. The smallest absolute Gasteiger partial charge is 0.162 e. The minimum absolute atomic E-state index is 0.0141. The zero-order valence-electron chi connectivity index (χ0n) is 8.06. The van der Waals surface area contributed by atoms with Crippen LogP contribution in [0.5, 0.6) is 0 Å². The lowest BCUT2D eigenvalue weighted by atomic mass is 10.3. The van der Waals surface area contributed by atoms with Gasteiger partial charge in [-0.2, -0.15) is 0 Å². The van der Waals surface area contributed by atoms with Crippen LogP contribution in [0.2, 0.25) is 0 Å². The number of hydrogen-bond donors (Lipinski definition) is 1. The van der Waals surface area contributed by atoms with E-state index in [1.165, 1.54) is 0 Å². The summed E-state index contributed by atoms with van der Waals surface area (Å²) >= 11 is 0. The van der Waals surface area contributed by atoms with Crippen molar-refractivity contribution in [1.29, 1.82) is 0 Å². The number of rotatable bonds is 4. The van der Waals surface area contributed by atoms with Crippen LogP contribution in [0, 0.1) is 0 Å². The van der Waals surface area contributed by atoms with Crippen LogP contribution < -0.4 is 5.73 Å². The predicted octanol–water partition coefficient (Wildman–Crippen LogP) is -0.304. The van der Waals surface area contributed by atoms with Crippen LogP contribution in [0.4, 0.5) is 0 Å². The molecule has 0 bridgehead atoms. The molecule has 1 rings (SSSR count). The predicted molar refractivity (Wildman–Crippen MR) is 46.1 cm³/mol. The molecule has 1 heterocycles. The molecule has 13 heavy (non-hydrogen) atoms. The third-order valence-electron chi connectivity index (χ3n) is 1.90. The highest BCUT2D eigenvalue weighted by molar-refractivity contribution is 4.65. The standard InChI is InChI=1S/C8H17NO4/c1-10-7(11-2)3-8-12-4-6(9)5-13-8/h6-8H,3-5,9H2,1-2H3/t6-,8+. The van der Waals surface area contributed by atoms with E-state index in [0.717, 1.165) is 0 Å². The molecule has 0 unspecified atom stereocenters. The van der Waals surface area contributed by atoms with E-state index in [1.54, 1.807) is 14.2 Å². The van der Waals surface area contributed by atoms with Crippen molar-refractivity contribution in [2.45, 2.75) is 25.0 Å². The third kappa shape index (κ3) is 3.58. The van der Waals surface area contributed by atoms with Crippen LogP contribution in [-0.4, -0.2) is 46.1 Å². The molecule has 2 N–H and O–H groups in total. The van der Waals surface area contributed by atoms with Gasteiger partial charge in [0.15, 0.2) is 12.6 Å². The van der Waals surface area contributed by atoms with Gasteiger partial charge in [-0.15, -0.1) is 0 Å². The van der Waals surface area contributed by atoms with Gasteiger partial charge in [0.1, 0.15) is 0 Å². The molecule has 5 heteroatoms. The van der Waals surface area contributed by atoms with E-state index in [0.29, 0.717) is 19.6 Å². The van der Waals surface area contributed by atoms with Crippen LogP contribution in [0.25, 0.3) is 0 Å². The molecule has 5 nitrogen and oxygen atoms in total. The Labute approximate surface area is 78.1 Å². The highest BCUT2D eigenvalue weighted by Gasteiger charge is 2.22. The molecule has 0 spiro atoms. The first-order valence-corrected chi connectivity index (χ1v) is 4.30. The Morgan fingerprint density at radius 3 is 2.31 bits per heavy atom. The highest BCUT2D eigenvalue weighted by atomic mass is 16.7. The van der Waals surface area contributed by atoms with Crippen LogP contribution in [0.1, 0.15) is 6.42 Å². The molecule has 0 saturated carbocycles. The summed E-state index contributed by atoms with van der Waals surface area (Å²) in [5, 5.41) is 0. The number of ether oxygens (including phenoxy) is 4. The molecule has 1 aliphatic heterocycles. The fourth-order valence-electron chi connectivity index (χ4n) is 1.14. The fourth-order valence-corrected chi connectivity index (χ4v) is 1.14. The molecule has 0 aromatic carbocycles. The van der Waals surface area contributed by atoms with Crippen molar-refractivity contribution < 1.29 is 18.9 Å². The Kier molecular flexibility index (Phi) is 4.61. The normalized spacial score (nSPS) is 29.5. The van der Waals surface area contributed by atoms with E-state index < -0.39 is 0 Å². The van der Waals surface area contributed by atoms with Gasteiger partial charge in [0.05, 0.1) is 19.3 Å². The van der Waals surface area contributed by atoms with Crippen molar-refractivity contribution in [3.8, 4) is 0 Å². The Bertz CT molecular complexity index is 132. The zero-order chi connectivity index (χ0) is 9.68. The second-order valence-electron chi connectivity index (χ2n) is 2.99. The summed E-state index contributed by atoms with van der Waals surface area (Å²) in [5.41, 5.74) is 5.58. The summed E-state index contributed by atoms with van der Waals surface area (Å²) < 4.78 is 20.7. The van der Waals surface area contributed by atoms with Crippen LogP contribution >= 0.6 is 0 Å². The van der Waals surface area contributed by atoms with Gasteiger partial charge in [-0.1, -0.05) is 0 Å². The van der Waals surface area contributed by atoms with Gasteiger partial charge in [-0.25, -0.2) is 0 Å². The lowest BCUT2D eigenvalue weighted by Crippen LogP contribution is -2.42. The SMILES string of the molecule is COC(C[C@H]1OC[C@@H](N)CO1)OC. The van der Waals surface area contributed by atoms with Crippen LogP contribution in [0.3, 0.4) is 0 Å². The maximum Gasteiger partial charge on any atom is 0.162 e. The summed E-state index contributed by atoms with van der Waals surface area (Å²) in [5.74, 6) is 0. The summed E-state index contributed by atoms with van der Waals surface area (Å²) in [6.45, 7) is 1.07. The molecule has 0 aliphatic carbocycles. The van der Waals surface area contributed by atoms with Gasteiger partial charge >= 0.3 is 0 Å². The van der Waals surface area contributed by atoms with E-state index in [-0.39, 0.29) is 18.6 Å². The molecular weight excluding hydrogens is 174 g/mol. The third-order valence-corrected chi connectivity index (χ3v) is 1.90. The Morgan fingerprint density at radius 2 is 1.85 bits per heavy atom. The van der Waals surface area contributed by atoms with Crippen LogP contribution in [-0.2, 0) is 18.9 Å². The van der Waals surface area contributed by atoms with Crippen molar-refractivity contribution in [3.05, 3.63) is 0 Å². The molecule has 1 fully saturated rings. The van der Waals surface area contributed by atoms with E-state index in [2.05, 4.69) is 0 Å². The lowest BCUT2D eigenvalue weighted by Gasteiger charge is -2.28. The molecule has 78 valence electrons. The Morgan fingerprint density at radius 1 is 1.31 bits per heavy atom. The van der Waals surface area contributed by atoms with Crippen molar-refractivity contribution in [2.24, 2.45) is 5.73 Å². The average molecular weight is 191 g/mol. The first-order valence-electron chi connectivity index (χ1n) is 4.30. The Balaban J connectivity index is 2.21. The van der Waals surface area contributed by atoms with Gasteiger partial charge in [0.2, 0.25) is 0 Å². The minimum atomic E-state index is -0.278. The summed E-state index contributed by atoms with van der Waals surface area (Å²) in [6.07, 6.45) is 0.0312. The topological polar surface area (TPSA) is 62.9 Å². The molecule has 0 aromatic heterocycles. The first-order chi connectivity index (χ1) is 6.26. The summed E-state index contributed by atoms with van der Waals surface area (Å²) in [7, 11) is 3.17. The van der Waals surface area contributed by atoms with Gasteiger partial charge in [-0.05, 0) is 0 Å². The summed E-state index contributed by atoms with van der Waals surface area (Å²) in [6, 6.07) is -0.0141. The number of nitrogens with two attached hydrogens (primary N) is 1. The molecule has 1 saturated heterocycles. The van der Waals surface area contributed by atoms with Crippen molar-refractivity contribution in [2.75, 3.05) is 27.4 Å². The minimum Gasteiger partial charge on any atom is -0.356 e. The first kappa shape index (κ1) is 10.9. The molecular formula is C8H17NO4. The second kappa shape index (κ2) is 5.51. The zero-order valence-corrected chi connectivity index (χ0v) is 8.06. The van der Waals surface area contributed by atoms with Crippen LogP contribution in [0.15, 0.2) is 0 Å². The van der Waals surface area contributed by atoms with E-state index in [4.69, 9.17) is 24.7 Å². The van der Waals surface area contributed by atoms with E-state index >= 15 is 0 Å². The number of methoxy groups -OCH3 is 2. The van der Waals surface area contributed by atoms with Gasteiger partial charge in [0, 0.05) is 20.6 Å². The average Bonchev–Trinajstić information content (AvgIpc) is 2.17. The Hall–Kier alpha value is -0.200. The molecule has 0 amide bonds. The molecule has 0 aromatic rings. The summed E-state index contributed by atoms with van der Waals surface area (Å²) in [4.78, 5) is 0. The molecule has 1 aliphatic rings. The van der Waals surface area contributed by atoms with Crippen molar-refractivity contribution in [1.82, 2.24) is 0 Å². The monoisotopic (exact) mass is 191 g/mol. The largest absolute Gasteiger partial charge is 0.356 e. The quantitative estimate of drug-likeness (QED) is 0.618. The van der Waals surface area contributed by atoms with Crippen molar-refractivity contribution >= 4 is 0 Å². The lowest BCUT2D eigenvalue weighted by molar-refractivity contribution is -0.224. The number of hydrogen-bond acceptors (Lipinski definition) is 5. The maximum absolute atomic E-state index is 5.58. The van der Waals surface area contributed by atoms with Gasteiger partial charge in [-0.3, -0.25) is 0 Å². The van der Waals surface area contributed by atoms with E-state index in [9.17, 15) is 0 Å². The van der Waals surface area contributed by atoms with E-state index in [1.807, 2.05) is 0 Å². The van der Waals surface area contributed by atoms with Gasteiger partial charge < -0.3 is 24.7 Å². The van der Waals surface area contributed by atoms with Crippen molar-refractivity contribution in [3.63, 3.8) is 0 Å². The fraction of sp³-hybridized carbons (Fsp3) is 1.00. The highest BCUT2D eigenvalue weighted by Crippen LogP contribution is 2.12. The molecule has 0 atom stereocenters. The second-order valence-corrected chi connectivity index (χ2v) is 2.99. The van der Waals surface area contributed by atoms with Gasteiger partial charge in [0.25, 0.3) is 0 Å². The molecule has 0 radical (unpaired) electrons.